The zero-order valence-electron chi connectivity index (χ0n) is 10.1. The molecular formula is C12H22N4. The third kappa shape index (κ3) is 2.21. The predicted octanol–water partition coefficient (Wildman–Crippen LogP) is 1.98. The largest absolute Gasteiger partial charge is 0.349 e. The van der Waals surface area contributed by atoms with Crippen LogP contribution in [0.5, 0.6) is 0 Å². The van der Waals surface area contributed by atoms with Crippen molar-refractivity contribution in [2.75, 3.05) is 11.9 Å². The molecule has 4 heteroatoms. The smallest absolute Gasteiger partial charge is 0.203 e. The number of rotatable bonds is 4. The van der Waals surface area contributed by atoms with Crippen LogP contribution in [0.4, 0.5) is 5.95 Å². The Bertz CT molecular complexity index is 326. The summed E-state index contributed by atoms with van der Waals surface area (Å²) >= 11 is 0. The van der Waals surface area contributed by atoms with E-state index in [-0.39, 0.29) is 5.54 Å². The van der Waals surface area contributed by atoms with Gasteiger partial charge in [-0.15, -0.1) is 0 Å². The van der Waals surface area contributed by atoms with Gasteiger partial charge >= 0.3 is 0 Å². The van der Waals surface area contributed by atoms with Gasteiger partial charge < -0.3 is 15.6 Å². The van der Waals surface area contributed by atoms with Crippen LogP contribution in [0.15, 0.2) is 12.4 Å². The Hall–Kier alpha value is -1.03. The van der Waals surface area contributed by atoms with E-state index in [2.05, 4.69) is 21.8 Å². The Morgan fingerprint density at radius 3 is 2.81 bits per heavy atom. The zero-order valence-corrected chi connectivity index (χ0v) is 10.1. The van der Waals surface area contributed by atoms with Crippen LogP contribution in [0.3, 0.4) is 0 Å². The van der Waals surface area contributed by atoms with E-state index in [1.165, 1.54) is 32.1 Å². The van der Waals surface area contributed by atoms with E-state index in [9.17, 15) is 0 Å². The third-order valence-corrected chi connectivity index (χ3v) is 3.63. The molecule has 0 aromatic carbocycles. The number of anilines is 1. The zero-order chi connectivity index (χ0) is 11.4. The molecule has 0 unspecified atom stereocenters. The number of nitrogens with zero attached hydrogens (tertiary/aromatic N) is 2. The molecule has 1 aromatic rings. The number of aromatic nitrogens is 2. The van der Waals surface area contributed by atoms with Gasteiger partial charge in [0.1, 0.15) is 0 Å². The van der Waals surface area contributed by atoms with E-state index in [1.807, 2.05) is 12.4 Å². The standard InChI is InChI=1S/C12H22N4/c1-2-16-9-8-14-11(16)15-12(10-13)6-4-3-5-7-12/h8-9H,2-7,10,13H2,1H3,(H,14,15). The van der Waals surface area contributed by atoms with E-state index >= 15 is 0 Å². The average Bonchev–Trinajstić information content (AvgIpc) is 2.77. The van der Waals surface area contributed by atoms with Crippen molar-refractivity contribution in [2.24, 2.45) is 5.73 Å². The lowest BCUT2D eigenvalue weighted by Gasteiger charge is -2.37. The van der Waals surface area contributed by atoms with Gasteiger partial charge in [0.15, 0.2) is 0 Å². The fourth-order valence-corrected chi connectivity index (χ4v) is 2.53. The molecule has 0 spiro atoms. The van der Waals surface area contributed by atoms with E-state index in [0.29, 0.717) is 6.54 Å². The van der Waals surface area contributed by atoms with E-state index in [4.69, 9.17) is 5.73 Å². The van der Waals surface area contributed by atoms with Crippen LogP contribution in [0, 0.1) is 0 Å². The minimum Gasteiger partial charge on any atom is -0.349 e. The molecule has 1 aliphatic carbocycles. The summed E-state index contributed by atoms with van der Waals surface area (Å²) in [4.78, 5) is 4.37. The van der Waals surface area contributed by atoms with Gasteiger partial charge in [0.05, 0.1) is 5.54 Å². The van der Waals surface area contributed by atoms with Crippen LogP contribution in [0.2, 0.25) is 0 Å². The molecule has 1 aliphatic rings. The normalized spacial score (nSPS) is 19.6. The Morgan fingerprint density at radius 1 is 1.44 bits per heavy atom. The molecular weight excluding hydrogens is 200 g/mol. The number of nitrogens with one attached hydrogen (secondary N) is 1. The quantitative estimate of drug-likeness (QED) is 0.819. The van der Waals surface area contributed by atoms with E-state index in [1.54, 1.807) is 0 Å². The fraction of sp³-hybridized carbons (Fsp3) is 0.750. The Morgan fingerprint density at radius 2 is 2.19 bits per heavy atom. The lowest BCUT2D eigenvalue weighted by Crippen LogP contribution is -2.47. The molecule has 0 radical (unpaired) electrons. The summed E-state index contributed by atoms with van der Waals surface area (Å²) < 4.78 is 2.13. The molecule has 0 aliphatic heterocycles. The summed E-state index contributed by atoms with van der Waals surface area (Å²) in [7, 11) is 0. The van der Waals surface area contributed by atoms with Crippen molar-refractivity contribution < 1.29 is 0 Å². The van der Waals surface area contributed by atoms with E-state index < -0.39 is 0 Å². The Labute approximate surface area is 97.2 Å². The van der Waals surface area contributed by atoms with Crippen LogP contribution in [0.25, 0.3) is 0 Å². The second-order valence-electron chi connectivity index (χ2n) is 4.71. The highest BCUT2D eigenvalue weighted by Gasteiger charge is 2.31. The molecule has 1 fully saturated rings. The number of hydrogen-bond acceptors (Lipinski definition) is 3. The summed E-state index contributed by atoms with van der Waals surface area (Å²) in [6, 6.07) is 0. The predicted molar refractivity (Wildman–Crippen MR) is 66.4 cm³/mol. The highest BCUT2D eigenvalue weighted by Crippen LogP contribution is 2.30. The number of hydrogen-bond donors (Lipinski definition) is 2. The summed E-state index contributed by atoms with van der Waals surface area (Å²) in [5.41, 5.74) is 6.03. The van der Waals surface area contributed by atoms with Gasteiger partial charge in [0.25, 0.3) is 0 Å². The first kappa shape index (κ1) is 11.5. The molecule has 1 heterocycles. The lowest BCUT2D eigenvalue weighted by atomic mass is 9.82. The number of aryl methyl sites for hydroxylation is 1. The van der Waals surface area contributed by atoms with Crippen molar-refractivity contribution in [3.05, 3.63) is 12.4 Å². The molecule has 16 heavy (non-hydrogen) atoms. The first-order chi connectivity index (χ1) is 7.79. The second kappa shape index (κ2) is 4.87. The summed E-state index contributed by atoms with van der Waals surface area (Å²) in [5.74, 6) is 0.967. The van der Waals surface area contributed by atoms with Crippen LogP contribution in [-0.2, 0) is 6.54 Å². The van der Waals surface area contributed by atoms with Crippen molar-refractivity contribution in [3.8, 4) is 0 Å². The van der Waals surface area contributed by atoms with Gasteiger partial charge in [-0.05, 0) is 19.8 Å². The fourth-order valence-electron chi connectivity index (χ4n) is 2.53. The van der Waals surface area contributed by atoms with Crippen molar-refractivity contribution in [1.29, 1.82) is 0 Å². The van der Waals surface area contributed by atoms with Gasteiger partial charge in [-0.1, -0.05) is 19.3 Å². The maximum absolute atomic E-state index is 5.95. The molecule has 2 rings (SSSR count). The molecule has 0 saturated heterocycles. The topological polar surface area (TPSA) is 55.9 Å². The van der Waals surface area contributed by atoms with Crippen molar-refractivity contribution in [2.45, 2.75) is 51.1 Å². The molecule has 0 amide bonds. The maximum atomic E-state index is 5.95. The van der Waals surface area contributed by atoms with Crippen molar-refractivity contribution >= 4 is 5.95 Å². The minimum atomic E-state index is 0.0799. The SMILES string of the molecule is CCn1ccnc1NC1(CN)CCCCC1. The highest BCUT2D eigenvalue weighted by atomic mass is 15.2. The van der Waals surface area contributed by atoms with Crippen molar-refractivity contribution in [3.63, 3.8) is 0 Å². The van der Waals surface area contributed by atoms with E-state index in [0.717, 1.165) is 12.5 Å². The first-order valence-electron chi connectivity index (χ1n) is 6.29. The van der Waals surface area contributed by atoms with Crippen LogP contribution >= 0.6 is 0 Å². The highest BCUT2D eigenvalue weighted by molar-refractivity contribution is 5.31. The molecule has 0 atom stereocenters. The first-order valence-corrected chi connectivity index (χ1v) is 6.29. The van der Waals surface area contributed by atoms with Crippen LogP contribution < -0.4 is 11.1 Å². The van der Waals surface area contributed by atoms with Crippen LogP contribution in [0.1, 0.15) is 39.0 Å². The third-order valence-electron chi connectivity index (χ3n) is 3.63. The molecule has 0 bridgehead atoms. The average molecular weight is 222 g/mol. The number of imidazole rings is 1. The maximum Gasteiger partial charge on any atom is 0.203 e. The molecule has 1 saturated carbocycles. The summed E-state index contributed by atoms with van der Waals surface area (Å²) in [6.45, 7) is 3.77. The minimum absolute atomic E-state index is 0.0799. The molecule has 4 nitrogen and oxygen atoms in total. The van der Waals surface area contributed by atoms with Gasteiger partial charge in [0.2, 0.25) is 5.95 Å². The molecule has 3 N–H and O–H groups in total. The summed E-state index contributed by atoms with van der Waals surface area (Å²) in [6.07, 6.45) is 10.1. The lowest BCUT2D eigenvalue weighted by molar-refractivity contribution is 0.328. The van der Waals surface area contributed by atoms with Crippen molar-refractivity contribution in [1.82, 2.24) is 9.55 Å². The van der Waals surface area contributed by atoms with Crippen LogP contribution in [-0.4, -0.2) is 21.6 Å². The Balaban J connectivity index is 2.11. The number of nitrogens with two attached hydrogens (primary N) is 1. The van der Waals surface area contributed by atoms with Gasteiger partial charge in [-0.3, -0.25) is 0 Å². The monoisotopic (exact) mass is 222 g/mol. The Kier molecular flexibility index (Phi) is 3.49. The molecule has 90 valence electrons. The van der Waals surface area contributed by atoms with Gasteiger partial charge in [-0.25, -0.2) is 4.98 Å². The summed E-state index contributed by atoms with van der Waals surface area (Å²) in [5, 5.41) is 3.57. The second-order valence-corrected chi connectivity index (χ2v) is 4.71. The van der Waals surface area contributed by atoms with Gasteiger partial charge in [-0.2, -0.15) is 0 Å². The van der Waals surface area contributed by atoms with Gasteiger partial charge in [0, 0.05) is 25.5 Å². The molecule has 1 aromatic heterocycles.